The van der Waals surface area contributed by atoms with Crippen LogP contribution in [-0.2, 0) is 9.47 Å². The number of aromatic nitrogens is 1. The molecule has 2 heterocycles. The van der Waals surface area contributed by atoms with Crippen LogP contribution in [0.1, 0.15) is 10.4 Å². The standard InChI is InChI=1S/C10H12N2O3S/c1-14-10(13)7-2-9(12-3-8(7)11)16-6-4-15-5-6/h2-3,6H,4-5,11H2,1H3. The first kappa shape index (κ1) is 11.2. The third kappa shape index (κ3) is 2.28. The molecule has 2 rings (SSSR count). The van der Waals surface area contributed by atoms with Gasteiger partial charge in [-0.1, -0.05) is 11.8 Å². The Hall–Kier alpha value is -1.27. The summed E-state index contributed by atoms with van der Waals surface area (Å²) < 4.78 is 9.70. The number of ether oxygens (including phenoxy) is 2. The highest BCUT2D eigenvalue weighted by molar-refractivity contribution is 8.00. The lowest BCUT2D eigenvalue weighted by atomic mass is 10.2. The predicted octanol–water partition coefficient (Wildman–Crippen LogP) is 0.941. The zero-order chi connectivity index (χ0) is 11.5. The fourth-order valence-electron chi connectivity index (χ4n) is 1.25. The number of thioether (sulfide) groups is 1. The van der Waals surface area contributed by atoms with E-state index in [1.807, 2.05) is 0 Å². The minimum atomic E-state index is -0.438. The zero-order valence-corrected chi connectivity index (χ0v) is 9.62. The summed E-state index contributed by atoms with van der Waals surface area (Å²) in [6.07, 6.45) is 1.48. The van der Waals surface area contributed by atoms with Gasteiger partial charge < -0.3 is 15.2 Å². The first-order valence-electron chi connectivity index (χ1n) is 4.79. The number of esters is 1. The normalized spacial score (nSPS) is 15.6. The Morgan fingerprint density at radius 3 is 3.00 bits per heavy atom. The number of hydrogen-bond donors (Lipinski definition) is 1. The number of rotatable bonds is 3. The van der Waals surface area contributed by atoms with Crippen LogP contribution in [0, 0.1) is 0 Å². The van der Waals surface area contributed by atoms with E-state index in [1.165, 1.54) is 13.3 Å². The molecule has 1 aromatic rings. The van der Waals surface area contributed by atoms with E-state index in [2.05, 4.69) is 9.72 Å². The Morgan fingerprint density at radius 2 is 2.44 bits per heavy atom. The van der Waals surface area contributed by atoms with E-state index in [9.17, 15) is 4.79 Å². The van der Waals surface area contributed by atoms with Crippen molar-refractivity contribution in [3.05, 3.63) is 17.8 Å². The minimum absolute atomic E-state index is 0.334. The molecule has 0 atom stereocenters. The van der Waals surface area contributed by atoms with Crippen LogP contribution in [0.25, 0.3) is 0 Å². The van der Waals surface area contributed by atoms with Gasteiger partial charge in [-0.2, -0.15) is 0 Å². The third-order valence-electron chi connectivity index (χ3n) is 2.21. The maximum atomic E-state index is 11.4. The molecule has 86 valence electrons. The highest BCUT2D eigenvalue weighted by Gasteiger charge is 2.21. The maximum Gasteiger partial charge on any atom is 0.340 e. The summed E-state index contributed by atoms with van der Waals surface area (Å²) in [5.74, 6) is -0.438. The van der Waals surface area contributed by atoms with Gasteiger partial charge in [0, 0.05) is 0 Å². The molecule has 0 aliphatic carbocycles. The smallest absolute Gasteiger partial charge is 0.340 e. The Morgan fingerprint density at radius 1 is 1.69 bits per heavy atom. The van der Waals surface area contributed by atoms with Crippen molar-refractivity contribution in [2.45, 2.75) is 10.3 Å². The molecule has 1 aromatic heterocycles. The highest BCUT2D eigenvalue weighted by Crippen LogP contribution is 2.28. The van der Waals surface area contributed by atoms with Crippen molar-refractivity contribution in [1.82, 2.24) is 4.98 Å². The summed E-state index contributed by atoms with van der Waals surface area (Å²) >= 11 is 1.58. The lowest BCUT2D eigenvalue weighted by Crippen LogP contribution is -2.30. The summed E-state index contributed by atoms with van der Waals surface area (Å²) in [4.78, 5) is 15.5. The molecule has 5 nitrogen and oxygen atoms in total. The summed E-state index contributed by atoms with van der Waals surface area (Å²) in [5, 5.41) is 1.18. The van der Waals surface area contributed by atoms with Gasteiger partial charge in [-0.05, 0) is 6.07 Å². The van der Waals surface area contributed by atoms with E-state index in [0.29, 0.717) is 16.5 Å². The number of carbonyl (C=O) groups excluding carboxylic acids is 1. The van der Waals surface area contributed by atoms with Gasteiger partial charge in [-0.15, -0.1) is 0 Å². The van der Waals surface area contributed by atoms with Crippen molar-refractivity contribution in [2.24, 2.45) is 0 Å². The number of nitrogen functional groups attached to an aromatic ring is 1. The predicted molar refractivity (Wildman–Crippen MR) is 60.5 cm³/mol. The van der Waals surface area contributed by atoms with Gasteiger partial charge in [-0.3, -0.25) is 0 Å². The molecule has 0 amide bonds. The first-order chi connectivity index (χ1) is 7.70. The molecule has 1 saturated heterocycles. The zero-order valence-electron chi connectivity index (χ0n) is 8.80. The molecule has 0 saturated carbocycles. The molecule has 2 N–H and O–H groups in total. The molecule has 0 bridgehead atoms. The number of carbonyl (C=O) groups is 1. The first-order valence-corrected chi connectivity index (χ1v) is 5.67. The van der Waals surface area contributed by atoms with Crippen LogP contribution >= 0.6 is 11.8 Å². The van der Waals surface area contributed by atoms with Crippen LogP contribution in [0.3, 0.4) is 0 Å². The largest absolute Gasteiger partial charge is 0.465 e. The molecule has 1 aliphatic heterocycles. The van der Waals surface area contributed by atoms with Gasteiger partial charge in [0.2, 0.25) is 0 Å². The molecule has 1 aliphatic rings. The van der Waals surface area contributed by atoms with Crippen molar-refractivity contribution in [3.63, 3.8) is 0 Å². The molecular weight excluding hydrogens is 228 g/mol. The molecule has 0 radical (unpaired) electrons. The number of nitrogens with two attached hydrogens (primary N) is 1. The minimum Gasteiger partial charge on any atom is -0.465 e. The van der Waals surface area contributed by atoms with Crippen LogP contribution in [0.5, 0.6) is 0 Å². The van der Waals surface area contributed by atoms with Gasteiger partial charge in [0.1, 0.15) is 0 Å². The van der Waals surface area contributed by atoms with Crippen molar-refractivity contribution in [2.75, 3.05) is 26.1 Å². The van der Waals surface area contributed by atoms with Crippen molar-refractivity contribution >= 4 is 23.4 Å². The number of hydrogen-bond acceptors (Lipinski definition) is 6. The van der Waals surface area contributed by atoms with Crippen LogP contribution < -0.4 is 5.73 Å². The number of anilines is 1. The Bertz CT molecular complexity index is 407. The van der Waals surface area contributed by atoms with Gasteiger partial charge in [-0.25, -0.2) is 9.78 Å². The second-order valence-electron chi connectivity index (χ2n) is 3.38. The summed E-state index contributed by atoms with van der Waals surface area (Å²) in [6, 6.07) is 1.66. The number of methoxy groups -OCH3 is 1. The number of pyridine rings is 1. The Labute approximate surface area is 97.3 Å². The fraction of sp³-hybridized carbons (Fsp3) is 0.400. The molecule has 16 heavy (non-hydrogen) atoms. The van der Waals surface area contributed by atoms with E-state index < -0.39 is 5.97 Å². The van der Waals surface area contributed by atoms with E-state index in [-0.39, 0.29) is 0 Å². The fourth-order valence-corrected chi connectivity index (χ4v) is 2.22. The van der Waals surface area contributed by atoms with Gasteiger partial charge in [0.25, 0.3) is 0 Å². The van der Waals surface area contributed by atoms with Crippen molar-refractivity contribution in [3.8, 4) is 0 Å². The molecule has 0 spiro atoms. The van der Waals surface area contributed by atoms with Crippen LogP contribution in [0.15, 0.2) is 17.3 Å². The highest BCUT2D eigenvalue weighted by atomic mass is 32.2. The van der Waals surface area contributed by atoms with Crippen molar-refractivity contribution in [1.29, 1.82) is 0 Å². The van der Waals surface area contributed by atoms with Crippen LogP contribution in [0.4, 0.5) is 5.69 Å². The van der Waals surface area contributed by atoms with Gasteiger partial charge in [0.15, 0.2) is 0 Å². The van der Waals surface area contributed by atoms with Crippen LogP contribution in [0.2, 0.25) is 0 Å². The third-order valence-corrected chi connectivity index (χ3v) is 3.28. The summed E-state index contributed by atoms with van der Waals surface area (Å²) in [6.45, 7) is 1.45. The second kappa shape index (κ2) is 4.71. The Kier molecular flexibility index (Phi) is 3.31. The van der Waals surface area contributed by atoms with Gasteiger partial charge >= 0.3 is 5.97 Å². The second-order valence-corrected chi connectivity index (χ2v) is 4.70. The topological polar surface area (TPSA) is 74.4 Å². The lowest BCUT2D eigenvalue weighted by molar-refractivity contribution is 0.0454. The average Bonchev–Trinajstić information content (AvgIpc) is 2.24. The molecular formula is C10H12N2O3S. The molecule has 0 unspecified atom stereocenters. The van der Waals surface area contributed by atoms with E-state index >= 15 is 0 Å². The quantitative estimate of drug-likeness (QED) is 0.793. The number of nitrogens with zero attached hydrogens (tertiary/aromatic N) is 1. The summed E-state index contributed by atoms with van der Waals surface area (Å²) in [7, 11) is 1.33. The SMILES string of the molecule is COC(=O)c1cc(SC2COC2)ncc1N. The van der Waals surface area contributed by atoms with Crippen LogP contribution in [-0.4, -0.2) is 36.5 Å². The molecule has 1 fully saturated rings. The lowest BCUT2D eigenvalue weighted by Gasteiger charge is -2.24. The Balaban J connectivity index is 2.17. The van der Waals surface area contributed by atoms with Gasteiger partial charge in [0.05, 0.1) is 48.0 Å². The monoisotopic (exact) mass is 240 g/mol. The maximum absolute atomic E-state index is 11.4. The summed E-state index contributed by atoms with van der Waals surface area (Å²) in [5.41, 5.74) is 6.34. The molecule has 6 heteroatoms. The molecule has 0 aromatic carbocycles. The van der Waals surface area contributed by atoms with E-state index in [1.54, 1.807) is 17.8 Å². The van der Waals surface area contributed by atoms with E-state index in [0.717, 1.165) is 18.2 Å². The van der Waals surface area contributed by atoms with E-state index in [4.69, 9.17) is 10.5 Å². The average molecular weight is 240 g/mol. The van der Waals surface area contributed by atoms with Crippen molar-refractivity contribution < 1.29 is 14.3 Å².